The van der Waals surface area contributed by atoms with E-state index in [1.54, 1.807) is 13.8 Å². The normalized spacial score (nSPS) is 24.2. The highest BCUT2D eigenvalue weighted by Crippen LogP contribution is 2.61. The van der Waals surface area contributed by atoms with E-state index in [0.29, 0.717) is 83.7 Å². The molecule has 8 aromatic rings. The monoisotopic (exact) mass is 1960 g/mol. The molecule has 0 radical (unpaired) electrons. The van der Waals surface area contributed by atoms with Crippen LogP contribution in [0.1, 0.15) is 78.1 Å². The number of nitrogen functional groups attached to an aromatic ring is 8. The van der Waals surface area contributed by atoms with Gasteiger partial charge in [0.25, 0.3) is 59.1 Å². The Bertz CT molecular complexity index is 6520. The van der Waals surface area contributed by atoms with Gasteiger partial charge < -0.3 is 45.9 Å². The Kier molecular flexibility index (Phi) is 24.4. The summed E-state index contributed by atoms with van der Waals surface area (Å²) in [4.78, 5) is 216. The first-order valence-corrected chi connectivity index (χ1v) is 40.9. The number of amides is 16. The highest BCUT2D eigenvalue weighted by atomic mass is 35.5. The van der Waals surface area contributed by atoms with Crippen LogP contribution in [0.5, 0.6) is 0 Å². The lowest BCUT2D eigenvalue weighted by Crippen LogP contribution is -2.51. The minimum Gasteiger partial charge on any atom is -0.399 e. The van der Waals surface area contributed by atoms with Crippen LogP contribution in [0.15, 0.2) is 146 Å². The van der Waals surface area contributed by atoms with Crippen LogP contribution in [0.25, 0.3) is 0 Å². The van der Waals surface area contributed by atoms with Crippen molar-refractivity contribution < 1.29 is 143 Å². The molecule has 0 saturated carbocycles. The van der Waals surface area contributed by atoms with Crippen molar-refractivity contribution in [2.45, 2.75) is 103 Å². The lowest BCUT2D eigenvalue weighted by atomic mass is 9.69. The number of nitrogens with two attached hydrogens (primary N) is 8. The van der Waals surface area contributed by atoms with Gasteiger partial charge in [0.2, 0.25) is 35.4 Å². The van der Waals surface area contributed by atoms with E-state index >= 15 is 0 Å². The van der Waals surface area contributed by atoms with Gasteiger partial charge in [-0.3, -0.25) is 76.7 Å². The maximum Gasteiger partial charge on any atom is 0.418 e. The molecule has 8 aliphatic rings. The number of hydrogen-bond acceptors (Lipinski definition) is 24. The fourth-order valence-electron chi connectivity index (χ4n) is 18.3. The fraction of sp³-hybridized carbons (Fsp3) is 0.273. The Morgan fingerprint density at radius 1 is 0.263 bits per heavy atom. The van der Waals surface area contributed by atoms with Crippen molar-refractivity contribution in [1.82, 2.24) is 0 Å². The third-order valence-electron chi connectivity index (χ3n) is 24.8. The van der Waals surface area contributed by atoms with E-state index in [1.165, 1.54) is 100 Å². The molecule has 32 nitrogen and oxygen atoms in total. The highest BCUT2D eigenvalue weighted by Gasteiger charge is 2.81. The van der Waals surface area contributed by atoms with Gasteiger partial charge in [-0.2, -0.15) is 65.9 Å². The molecule has 16 rings (SSSR count). The molecule has 4 spiro atoms. The van der Waals surface area contributed by atoms with Crippen molar-refractivity contribution in [3.8, 4) is 0 Å². The predicted octanol–water partition coefficient (Wildman–Crippen LogP) is 11.5. The summed E-state index contributed by atoms with van der Waals surface area (Å²) in [7, 11) is 0. The van der Waals surface area contributed by atoms with E-state index in [4.69, 9.17) is 69.1 Å². The van der Waals surface area contributed by atoms with Crippen LogP contribution in [0, 0.1) is 73.0 Å². The third-order valence-corrected chi connectivity index (χ3v) is 25.9. The minimum absolute atomic E-state index is 0.0396. The summed E-state index contributed by atoms with van der Waals surface area (Å²) in [5.41, 5.74) is 26.9. The summed E-state index contributed by atoms with van der Waals surface area (Å²) in [6, 6.07) is 26.2. The van der Waals surface area contributed by atoms with Crippen LogP contribution in [0.2, 0.25) is 0 Å². The van der Waals surface area contributed by atoms with E-state index in [2.05, 4.69) is 0 Å². The molecule has 0 aromatic heterocycles. The maximum absolute atomic E-state index is 14.4. The number of halogens is 17. The zero-order valence-corrected chi connectivity index (χ0v) is 72.9. The van der Waals surface area contributed by atoms with E-state index in [0.717, 1.165) is 59.2 Å². The zero-order chi connectivity index (χ0) is 102. The van der Waals surface area contributed by atoms with Crippen molar-refractivity contribution in [2.75, 3.05) is 85.1 Å². The number of benzene rings is 8. The topological polar surface area (TPSA) is 507 Å². The van der Waals surface area contributed by atoms with Gasteiger partial charge in [0.05, 0.1) is 98.3 Å². The zero-order valence-electron chi connectivity index (χ0n) is 71.4. The van der Waals surface area contributed by atoms with Crippen LogP contribution >= 0.6 is 23.2 Å². The molecule has 0 aliphatic carbocycles. The van der Waals surface area contributed by atoms with Gasteiger partial charge in [-0.15, -0.1) is 23.2 Å². The summed E-state index contributed by atoms with van der Waals surface area (Å²) >= 11 is 12.5. The molecule has 16 N–H and O–H groups in total. The Hall–Kier alpha value is -15.2. The van der Waals surface area contributed by atoms with Crippen LogP contribution in [0.3, 0.4) is 0 Å². The molecule has 8 heterocycles. The molecule has 8 fully saturated rings. The van der Waals surface area contributed by atoms with Crippen molar-refractivity contribution >= 4 is 209 Å². The SMILES string of the molecule is Cc1cc(N)ccc1N1C(=O)C(C)[C@]2(C1=O)C(=O)N(c1ccc(N)cc1C(F)(F)F)C(=O)[C@@H]2C.Cc1cc(N)ccc1N1C(=O)C(C)[C@]2(C1=O)C(=O)N(c1ccc(N)cc1C(F)(F)F)C(=O)[C@@H]2C(F)(F)F.Cc1cc(N)ccc1N1C(=O)C(Cl)[C@]2(C1=O)C(=O)N(c1ccc(N)cc1C(F)(F)F)C(=O)[C@@H]2Cl.Cc1cc(N)ccc1N1C(=O)C[C@]2(CC(=O)N(c3ccc(N)cc3C(F)(F)F)C2=O)C1=O. The van der Waals surface area contributed by atoms with Gasteiger partial charge in [0.1, 0.15) is 16.2 Å². The molecule has 0 bridgehead atoms. The second kappa shape index (κ2) is 33.7. The summed E-state index contributed by atoms with van der Waals surface area (Å²) in [6.45, 7) is 9.61. The first-order chi connectivity index (χ1) is 63.3. The standard InChI is InChI=1S/C23H18F6N4O4.C23H21F3N4O4.C21H15Cl2F3N4O4.C21H17F3N4O4/c1-9-7-11(30)3-5-14(9)32-17(34)10(2)21(19(32)36)16(23(27,28)29)18(35)33(20(21)37)15-6-4-12(31)8-13(15)22(24,25)26;1-10-8-13(27)4-6-16(10)29-18(31)11(2)22(20(29)33)12(3)19(32)30(21(22)34)17-7-5-14(28)9-15(17)23(24,25)26;1-8-6-9(27)2-4-12(8)29-16(31)14(22)20(18(29)33)15(23)17(32)30(19(20)34)13-5-3-10(28)7-11(13)21(24,25)26;1-10-6-11(25)2-4-14(10)27-16(29)8-20(18(27)31)9-17(30)28(19(20)32)15-5-3-12(26)7-13(15)21(22,23)24/h3-8,10,16H,30-31H2,1-2H3;4-9,11-12H,27-28H2,1-3H3;2-7,14-15H,27-28H2,1H3;2-7H,8-9,25-26H2,1H3/t10?,16-,21-;11?,12-,22-;14?,15-,20-;20-/m0000/s1. The van der Waals surface area contributed by atoms with Gasteiger partial charge in [-0.25, -0.2) is 39.2 Å². The predicted molar refractivity (Wildman–Crippen MR) is 461 cm³/mol. The average Bonchev–Trinajstić information content (AvgIpc) is 1.51. The van der Waals surface area contributed by atoms with Crippen molar-refractivity contribution in [2.24, 2.45) is 45.3 Å². The molecule has 10 atom stereocenters. The van der Waals surface area contributed by atoms with Crippen LogP contribution in [0.4, 0.5) is 157 Å². The van der Waals surface area contributed by atoms with Gasteiger partial charge >= 0.3 is 30.9 Å². The second-order valence-electron chi connectivity index (χ2n) is 33.1. The summed E-state index contributed by atoms with van der Waals surface area (Å²) in [5, 5.41) is -4.00. The molecular formula is C88H71Cl2F15N16O16. The first kappa shape index (κ1) is 99.3. The van der Waals surface area contributed by atoms with Crippen molar-refractivity contribution in [1.29, 1.82) is 0 Å². The summed E-state index contributed by atoms with van der Waals surface area (Å²) in [6.07, 6.45) is -27.0. The minimum atomic E-state index is -5.58. The summed E-state index contributed by atoms with van der Waals surface area (Å²) < 4.78 is 207. The largest absolute Gasteiger partial charge is 0.418 e. The van der Waals surface area contributed by atoms with Gasteiger partial charge in [-0.05, 0) is 196 Å². The van der Waals surface area contributed by atoms with Crippen molar-refractivity contribution in [3.05, 3.63) is 190 Å². The van der Waals surface area contributed by atoms with Gasteiger partial charge in [0.15, 0.2) is 22.2 Å². The Morgan fingerprint density at radius 3 is 0.723 bits per heavy atom. The fourth-order valence-corrected chi connectivity index (χ4v) is 19.2. The third kappa shape index (κ3) is 15.4. The molecule has 718 valence electrons. The Morgan fingerprint density at radius 2 is 0.460 bits per heavy atom. The smallest absolute Gasteiger partial charge is 0.399 e. The molecule has 8 saturated heterocycles. The Labute approximate surface area is 771 Å². The van der Waals surface area contributed by atoms with Crippen LogP contribution in [-0.2, 0) is 101 Å². The van der Waals surface area contributed by atoms with E-state index < -0.39 is 245 Å². The molecule has 49 heteroatoms. The molecule has 3 unspecified atom stereocenters. The molecule has 8 aliphatic heterocycles. The lowest BCUT2D eigenvalue weighted by molar-refractivity contribution is -0.203. The first-order valence-electron chi connectivity index (χ1n) is 40.0. The molecule has 137 heavy (non-hydrogen) atoms. The summed E-state index contributed by atoms with van der Waals surface area (Å²) in [5.74, 6) is -27.9. The number of hydrogen-bond donors (Lipinski definition) is 8. The number of carbonyl (C=O) groups is 16. The van der Waals surface area contributed by atoms with Gasteiger partial charge in [-0.1, -0.05) is 20.8 Å². The number of aryl methyl sites for hydroxylation is 4. The number of nitrogens with zero attached hydrogens (tertiary/aromatic N) is 8. The van der Waals surface area contributed by atoms with Crippen LogP contribution in [-0.4, -0.2) is 111 Å². The number of rotatable bonds is 8. The van der Waals surface area contributed by atoms with E-state index in [-0.39, 0.29) is 60.9 Å². The number of anilines is 16. The molecule has 8 aromatic carbocycles. The van der Waals surface area contributed by atoms with Crippen molar-refractivity contribution in [3.63, 3.8) is 0 Å². The second-order valence-corrected chi connectivity index (χ2v) is 34.0. The number of imide groups is 8. The van der Waals surface area contributed by atoms with Gasteiger partial charge in [0, 0.05) is 45.5 Å². The van der Waals surface area contributed by atoms with E-state index in [9.17, 15) is 143 Å². The maximum atomic E-state index is 14.4. The van der Waals surface area contributed by atoms with E-state index in [1.807, 2.05) is 0 Å². The quantitative estimate of drug-likeness (QED) is 0.0230. The van der Waals surface area contributed by atoms with Crippen LogP contribution < -0.4 is 85.1 Å². The average molecular weight is 1960 g/mol. The number of carbonyl (C=O) groups excluding carboxylic acids is 16. The molecule has 16 amide bonds. The Balaban J connectivity index is 0.000000155. The highest BCUT2D eigenvalue weighted by molar-refractivity contribution is 6.56. The molecular weight excluding hydrogens is 1890 g/mol. The number of alkyl halides is 17. The lowest BCUT2D eigenvalue weighted by Gasteiger charge is -2.29.